The maximum absolute atomic E-state index is 10.2. The molecule has 0 radical (unpaired) electrons. The van der Waals surface area contributed by atoms with E-state index in [9.17, 15) is 5.11 Å². The highest BCUT2D eigenvalue weighted by Crippen LogP contribution is 2.29. The lowest BCUT2D eigenvalue weighted by molar-refractivity contribution is 0.115. The first-order valence-corrected chi connectivity index (χ1v) is 7.05. The predicted molar refractivity (Wildman–Crippen MR) is 75.9 cm³/mol. The summed E-state index contributed by atoms with van der Waals surface area (Å²) in [7, 11) is 0. The fourth-order valence-electron chi connectivity index (χ4n) is 2.74. The largest absolute Gasteiger partial charge is 0.388 e. The van der Waals surface area contributed by atoms with E-state index in [-0.39, 0.29) is 5.54 Å². The van der Waals surface area contributed by atoms with Crippen molar-refractivity contribution >= 4 is 11.6 Å². The fraction of sp³-hybridized carbons (Fsp3) is 0.600. The van der Waals surface area contributed by atoms with E-state index in [2.05, 4.69) is 18.7 Å². The van der Waals surface area contributed by atoms with E-state index >= 15 is 0 Å². The van der Waals surface area contributed by atoms with Crippen molar-refractivity contribution < 1.29 is 5.11 Å². The molecule has 0 bridgehead atoms. The molecule has 0 spiro atoms. The number of benzene rings is 1. The number of hydrogen-bond acceptors (Lipinski definition) is 2. The van der Waals surface area contributed by atoms with Crippen LogP contribution < -0.4 is 0 Å². The second kappa shape index (κ2) is 5.60. The third-order valence-corrected chi connectivity index (χ3v) is 4.21. The zero-order chi connectivity index (χ0) is 13.2. The molecule has 1 aliphatic rings. The molecule has 1 saturated heterocycles. The van der Waals surface area contributed by atoms with Crippen molar-refractivity contribution in [1.29, 1.82) is 0 Å². The van der Waals surface area contributed by atoms with Gasteiger partial charge >= 0.3 is 0 Å². The number of hydrogen-bond donors (Lipinski definition) is 1. The summed E-state index contributed by atoms with van der Waals surface area (Å²) in [4.78, 5) is 2.47. The predicted octanol–water partition coefficient (Wildman–Crippen LogP) is 3.64. The van der Waals surface area contributed by atoms with Gasteiger partial charge in [-0.1, -0.05) is 23.7 Å². The van der Waals surface area contributed by atoms with Gasteiger partial charge in [0.2, 0.25) is 0 Å². The first-order chi connectivity index (χ1) is 8.49. The first kappa shape index (κ1) is 13.9. The van der Waals surface area contributed by atoms with E-state index in [4.69, 9.17) is 11.6 Å². The maximum Gasteiger partial charge on any atom is 0.0802 e. The number of nitrogens with zero attached hydrogens (tertiary/aromatic N) is 1. The van der Waals surface area contributed by atoms with Crippen LogP contribution in [-0.2, 0) is 0 Å². The van der Waals surface area contributed by atoms with Gasteiger partial charge in [-0.25, -0.2) is 0 Å². The highest BCUT2D eigenvalue weighted by molar-refractivity contribution is 6.30. The van der Waals surface area contributed by atoms with Crippen LogP contribution in [0.25, 0.3) is 0 Å². The molecule has 0 saturated carbocycles. The van der Waals surface area contributed by atoms with Gasteiger partial charge in [0.25, 0.3) is 0 Å². The topological polar surface area (TPSA) is 23.5 Å². The summed E-state index contributed by atoms with van der Waals surface area (Å²) >= 11 is 5.94. The average Bonchev–Trinajstić information content (AvgIpc) is 2.65. The zero-order valence-corrected chi connectivity index (χ0v) is 12.0. The summed E-state index contributed by atoms with van der Waals surface area (Å²) in [6, 6.07) is 7.51. The normalized spacial score (nSPS) is 21.1. The third kappa shape index (κ3) is 3.25. The van der Waals surface area contributed by atoms with Crippen LogP contribution in [0, 0.1) is 0 Å². The maximum atomic E-state index is 10.2. The Bertz CT molecular complexity index is 405. The van der Waals surface area contributed by atoms with Crippen LogP contribution in [0.4, 0.5) is 0 Å². The Kier molecular flexibility index (Phi) is 4.31. The lowest BCUT2D eigenvalue weighted by atomic mass is 10.0. The second-order valence-corrected chi connectivity index (χ2v) is 6.20. The Morgan fingerprint density at radius 2 is 2.22 bits per heavy atom. The molecule has 1 N–H and O–H groups in total. The molecule has 1 aromatic rings. The molecule has 1 fully saturated rings. The van der Waals surface area contributed by atoms with E-state index in [1.54, 1.807) is 0 Å². The number of halogens is 1. The number of aliphatic hydroxyl groups excluding tert-OH is 1. The lowest BCUT2D eigenvalue weighted by Gasteiger charge is -2.32. The van der Waals surface area contributed by atoms with Gasteiger partial charge in [0.15, 0.2) is 0 Å². The van der Waals surface area contributed by atoms with Gasteiger partial charge < -0.3 is 5.11 Å². The van der Waals surface area contributed by atoms with Crippen LogP contribution in [0.5, 0.6) is 0 Å². The SMILES string of the molecule is CC1(C)CCCN1CCC(O)c1cccc(Cl)c1. The third-order valence-electron chi connectivity index (χ3n) is 3.98. The first-order valence-electron chi connectivity index (χ1n) is 6.68. The Morgan fingerprint density at radius 1 is 1.44 bits per heavy atom. The average molecular weight is 268 g/mol. The number of likely N-dealkylation sites (tertiary alicyclic amines) is 1. The molecule has 0 aromatic heterocycles. The van der Waals surface area contributed by atoms with Gasteiger partial charge in [-0.3, -0.25) is 4.90 Å². The highest BCUT2D eigenvalue weighted by Gasteiger charge is 2.31. The minimum atomic E-state index is -0.417. The van der Waals surface area contributed by atoms with Gasteiger partial charge in [0.05, 0.1) is 6.10 Å². The molecule has 1 unspecified atom stereocenters. The van der Waals surface area contributed by atoms with Crippen LogP contribution in [0.3, 0.4) is 0 Å². The second-order valence-electron chi connectivity index (χ2n) is 5.76. The quantitative estimate of drug-likeness (QED) is 0.900. The molecule has 100 valence electrons. The molecule has 3 heteroatoms. The van der Waals surface area contributed by atoms with Crippen molar-refractivity contribution in [3.05, 3.63) is 34.9 Å². The van der Waals surface area contributed by atoms with Crippen molar-refractivity contribution in [2.75, 3.05) is 13.1 Å². The molecule has 2 nitrogen and oxygen atoms in total. The summed E-state index contributed by atoms with van der Waals surface area (Å²) in [5, 5.41) is 10.9. The van der Waals surface area contributed by atoms with Crippen LogP contribution in [0.1, 0.15) is 44.8 Å². The molecule has 1 aromatic carbocycles. The minimum Gasteiger partial charge on any atom is -0.388 e. The van der Waals surface area contributed by atoms with Crippen LogP contribution >= 0.6 is 11.6 Å². The van der Waals surface area contributed by atoms with Crippen LogP contribution in [0.2, 0.25) is 5.02 Å². The van der Waals surface area contributed by atoms with Gasteiger partial charge in [-0.15, -0.1) is 0 Å². The summed E-state index contributed by atoms with van der Waals surface area (Å²) in [6.07, 6.45) is 2.87. The van der Waals surface area contributed by atoms with E-state index in [1.165, 1.54) is 12.8 Å². The zero-order valence-electron chi connectivity index (χ0n) is 11.2. The van der Waals surface area contributed by atoms with Gasteiger partial charge in [-0.05, 0) is 57.4 Å². The Morgan fingerprint density at radius 3 is 2.83 bits per heavy atom. The summed E-state index contributed by atoms with van der Waals surface area (Å²) in [6.45, 7) is 6.66. The number of rotatable bonds is 4. The van der Waals surface area contributed by atoms with E-state index in [0.717, 1.165) is 25.1 Å². The minimum absolute atomic E-state index is 0.286. The smallest absolute Gasteiger partial charge is 0.0802 e. The molecule has 1 aliphatic heterocycles. The highest BCUT2D eigenvalue weighted by atomic mass is 35.5. The van der Waals surface area contributed by atoms with Crippen LogP contribution in [0.15, 0.2) is 24.3 Å². The molecule has 1 heterocycles. The number of aliphatic hydroxyl groups is 1. The van der Waals surface area contributed by atoms with Crippen molar-refractivity contribution in [2.45, 2.75) is 44.8 Å². The van der Waals surface area contributed by atoms with E-state index < -0.39 is 6.10 Å². The van der Waals surface area contributed by atoms with Gasteiger partial charge in [0.1, 0.15) is 0 Å². The van der Waals surface area contributed by atoms with E-state index in [1.807, 2.05) is 24.3 Å². The summed E-state index contributed by atoms with van der Waals surface area (Å²) in [5.74, 6) is 0. The lowest BCUT2D eigenvalue weighted by Crippen LogP contribution is -2.39. The van der Waals surface area contributed by atoms with E-state index in [0.29, 0.717) is 5.02 Å². The molecular formula is C15H22ClNO. The standard InChI is InChI=1S/C15H22ClNO/c1-15(2)8-4-9-17(15)10-7-14(18)12-5-3-6-13(16)11-12/h3,5-6,11,14,18H,4,7-10H2,1-2H3. The summed E-state index contributed by atoms with van der Waals surface area (Å²) in [5.41, 5.74) is 1.20. The molecule has 2 rings (SSSR count). The Labute approximate surface area is 115 Å². The monoisotopic (exact) mass is 267 g/mol. The fourth-order valence-corrected chi connectivity index (χ4v) is 2.94. The Balaban J connectivity index is 1.90. The molecular weight excluding hydrogens is 246 g/mol. The molecule has 18 heavy (non-hydrogen) atoms. The molecule has 1 atom stereocenters. The van der Waals surface area contributed by atoms with Crippen molar-refractivity contribution in [2.24, 2.45) is 0 Å². The Hall–Kier alpha value is -0.570. The van der Waals surface area contributed by atoms with Crippen molar-refractivity contribution in [3.63, 3.8) is 0 Å². The van der Waals surface area contributed by atoms with Crippen molar-refractivity contribution in [1.82, 2.24) is 4.90 Å². The van der Waals surface area contributed by atoms with Crippen LogP contribution in [-0.4, -0.2) is 28.6 Å². The summed E-state index contributed by atoms with van der Waals surface area (Å²) < 4.78 is 0. The molecule has 0 amide bonds. The molecule has 0 aliphatic carbocycles. The van der Waals surface area contributed by atoms with Gasteiger partial charge in [-0.2, -0.15) is 0 Å². The van der Waals surface area contributed by atoms with Gasteiger partial charge in [0, 0.05) is 17.1 Å². The van der Waals surface area contributed by atoms with Crippen molar-refractivity contribution in [3.8, 4) is 0 Å².